The lowest BCUT2D eigenvalue weighted by Crippen LogP contribution is -2.35. The van der Waals surface area contributed by atoms with Gasteiger partial charge in [-0.05, 0) is 67.1 Å². The van der Waals surface area contributed by atoms with Crippen LogP contribution in [0.2, 0.25) is 0 Å². The number of ether oxygens (including phenoxy) is 1. The second-order valence-corrected chi connectivity index (χ2v) is 9.74. The Balaban J connectivity index is 1.51. The van der Waals surface area contributed by atoms with Crippen LogP contribution in [0.15, 0.2) is 70.0 Å². The summed E-state index contributed by atoms with van der Waals surface area (Å²) < 4.78 is 55.8. The lowest BCUT2D eigenvalue weighted by atomic mass is 10.1. The van der Waals surface area contributed by atoms with E-state index < -0.39 is 15.9 Å². The number of halogens is 1. The molecule has 0 N–H and O–H groups in total. The molecule has 176 valence electrons. The standard InChI is InChI=1S/C25H23FN2O5S/c1-17-2-8-24-22(14-17)27-25(32-24)18-3-9-23(19(15-18)16-28-10-12-31-13-11-28)33-34(29,30)21-6-4-20(26)5-7-21/h2-9,14-15H,10-13,16H2,1H3. The largest absolute Gasteiger partial charge is 0.436 e. The molecular formula is C25H23FN2O5S. The van der Waals surface area contributed by atoms with Crippen molar-refractivity contribution in [1.29, 1.82) is 0 Å². The van der Waals surface area contributed by atoms with E-state index in [1.165, 1.54) is 12.1 Å². The summed E-state index contributed by atoms with van der Waals surface area (Å²) in [5.41, 5.74) is 3.89. The van der Waals surface area contributed by atoms with Crippen molar-refractivity contribution in [3.05, 3.63) is 77.6 Å². The van der Waals surface area contributed by atoms with E-state index in [2.05, 4.69) is 9.88 Å². The van der Waals surface area contributed by atoms with Gasteiger partial charge in [0.25, 0.3) is 0 Å². The monoisotopic (exact) mass is 482 g/mol. The van der Waals surface area contributed by atoms with Crippen LogP contribution in [0.3, 0.4) is 0 Å². The molecule has 7 nitrogen and oxygen atoms in total. The van der Waals surface area contributed by atoms with Gasteiger partial charge in [0.05, 0.1) is 13.2 Å². The molecule has 0 radical (unpaired) electrons. The highest BCUT2D eigenvalue weighted by Gasteiger charge is 2.22. The van der Waals surface area contributed by atoms with Crippen LogP contribution < -0.4 is 4.18 Å². The van der Waals surface area contributed by atoms with Crippen molar-refractivity contribution in [2.24, 2.45) is 0 Å². The first-order valence-corrected chi connectivity index (χ1v) is 12.3. The number of hydrogen-bond donors (Lipinski definition) is 0. The second kappa shape index (κ2) is 9.17. The molecule has 0 atom stereocenters. The van der Waals surface area contributed by atoms with Crippen LogP contribution in [0.1, 0.15) is 11.1 Å². The fourth-order valence-corrected chi connectivity index (χ4v) is 4.81. The predicted molar refractivity (Wildman–Crippen MR) is 124 cm³/mol. The molecule has 1 fully saturated rings. The molecule has 3 aromatic carbocycles. The maximum absolute atomic E-state index is 13.3. The Bertz CT molecular complexity index is 1430. The van der Waals surface area contributed by atoms with Crippen LogP contribution in [0.4, 0.5) is 4.39 Å². The minimum atomic E-state index is -4.15. The molecule has 34 heavy (non-hydrogen) atoms. The number of hydrogen-bond acceptors (Lipinski definition) is 7. The van der Waals surface area contributed by atoms with Crippen molar-refractivity contribution < 1.29 is 26.1 Å². The quantitative estimate of drug-likeness (QED) is 0.373. The van der Waals surface area contributed by atoms with Gasteiger partial charge in [0, 0.05) is 30.8 Å². The van der Waals surface area contributed by atoms with Crippen molar-refractivity contribution in [2.45, 2.75) is 18.4 Å². The third-order valence-electron chi connectivity index (χ3n) is 5.65. The van der Waals surface area contributed by atoms with Gasteiger partial charge in [-0.1, -0.05) is 6.07 Å². The molecule has 2 heterocycles. The van der Waals surface area contributed by atoms with Crippen molar-refractivity contribution in [1.82, 2.24) is 9.88 Å². The highest BCUT2D eigenvalue weighted by molar-refractivity contribution is 7.87. The smallest absolute Gasteiger partial charge is 0.339 e. The minimum Gasteiger partial charge on any atom is -0.436 e. The first kappa shape index (κ1) is 22.5. The minimum absolute atomic E-state index is 0.121. The van der Waals surface area contributed by atoms with Gasteiger partial charge in [-0.3, -0.25) is 4.90 Å². The Labute approximate surface area is 196 Å². The summed E-state index contributed by atoms with van der Waals surface area (Å²) in [7, 11) is -4.15. The Morgan fingerprint density at radius 1 is 1.03 bits per heavy atom. The SMILES string of the molecule is Cc1ccc2oc(-c3ccc(OS(=O)(=O)c4ccc(F)cc4)c(CN4CCOCC4)c3)nc2c1. The van der Waals surface area contributed by atoms with Gasteiger partial charge < -0.3 is 13.3 Å². The Morgan fingerprint density at radius 3 is 2.56 bits per heavy atom. The Morgan fingerprint density at radius 2 is 1.79 bits per heavy atom. The summed E-state index contributed by atoms with van der Waals surface area (Å²) in [5, 5.41) is 0. The summed E-state index contributed by atoms with van der Waals surface area (Å²) in [6.45, 7) is 5.10. The molecule has 1 aliphatic heterocycles. The zero-order valence-corrected chi connectivity index (χ0v) is 19.3. The van der Waals surface area contributed by atoms with Crippen LogP contribution in [0, 0.1) is 12.7 Å². The topological polar surface area (TPSA) is 81.9 Å². The number of aryl methyl sites for hydroxylation is 1. The molecule has 4 aromatic rings. The molecule has 0 aliphatic carbocycles. The first-order chi connectivity index (χ1) is 16.4. The summed E-state index contributed by atoms with van der Waals surface area (Å²) in [6, 6.07) is 15.5. The number of rotatable bonds is 6. The molecule has 0 saturated carbocycles. The number of fused-ring (bicyclic) bond motifs is 1. The lowest BCUT2D eigenvalue weighted by molar-refractivity contribution is 0.0340. The average Bonchev–Trinajstić information content (AvgIpc) is 3.24. The molecule has 5 rings (SSSR count). The summed E-state index contributed by atoms with van der Waals surface area (Å²) in [4.78, 5) is 6.64. The van der Waals surface area contributed by atoms with Crippen molar-refractivity contribution in [3.8, 4) is 17.2 Å². The van der Waals surface area contributed by atoms with Gasteiger partial charge in [-0.2, -0.15) is 8.42 Å². The third kappa shape index (κ3) is 4.82. The number of benzene rings is 3. The second-order valence-electron chi connectivity index (χ2n) is 8.19. The molecule has 1 aromatic heterocycles. The van der Waals surface area contributed by atoms with Gasteiger partial charge in [-0.25, -0.2) is 9.37 Å². The number of aromatic nitrogens is 1. The van der Waals surface area contributed by atoms with Crippen LogP contribution in [-0.4, -0.2) is 44.6 Å². The van der Waals surface area contributed by atoms with Crippen LogP contribution in [-0.2, 0) is 21.4 Å². The van der Waals surface area contributed by atoms with Crippen molar-refractivity contribution >= 4 is 21.2 Å². The summed E-state index contributed by atoms with van der Waals surface area (Å²) in [5.74, 6) is 0.119. The molecular weight excluding hydrogens is 459 g/mol. The molecule has 0 bridgehead atoms. The number of nitrogens with zero attached hydrogens (tertiary/aromatic N) is 2. The van der Waals surface area contributed by atoms with Gasteiger partial charge in [0.1, 0.15) is 22.0 Å². The molecule has 9 heteroatoms. The highest BCUT2D eigenvalue weighted by Crippen LogP contribution is 2.31. The maximum atomic E-state index is 13.3. The Hall–Kier alpha value is -3.27. The van der Waals surface area contributed by atoms with Crippen molar-refractivity contribution in [3.63, 3.8) is 0 Å². The van der Waals surface area contributed by atoms with E-state index in [9.17, 15) is 12.8 Å². The normalized spacial score (nSPS) is 15.0. The fourth-order valence-electron chi connectivity index (χ4n) is 3.85. The molecule has 0 spiro atoms. The highest BCUT2D eigenvalue weighted by atomic mass is 32.2. The van der Waals surface area contributed by atoms with E-state index in [0.717, 1.165) is 36.3 Å². The van der Waals surface area contributed by atoms with E-state index >= 15 is 0 Å². The zero-order chi connectivity index (χ0) is 23.7. The van der Waals surface area contributed by atoms with Crippen LogP contribution in [0.25, 0.3) is 22.6 Å². The van der Waals surface area contributed by atoms with Crippen molar-refractivity contribution in [2.75, 3.05) is 26.3 Å². The third-order valence-corrected chi connectivity index (χ3v) is 6.90. The maximum Gasteiger partial charge on any atom is 0.339 e. The lowest BCUT2D eigenvalue weighted by Gasteiger charge is -2.27. The first-order valence-electron chi connectivity index (χ1n) is 10.9. The zero-order valence-electron chi connectivity index (χ0n) is 18.5. The summed E-state index contributed by atoms with van der Waals surface area (Å²) >= 11 is 0. The van der Waals surface area contributed by atoms with E-state index in [4.69, 9.17) is 13.3 Å². The predicted octanol–water partition coefficient (Wildman–Crippen LogP) is 4.54. The van der Waals surface area contributed by atoms with E-state index in [-0.39, 0.29) is 10.6 Å². The van der Waals surface area contributed by atoms with Gasteiger partial charge in [-0.15, -0.1) is 0 Å². The molecule has 1 saturated heterocycles. The van der Waals surface area contributed by atoms with Gasteiger partial charge in [0.15, 0.2) is 5.58 Å². The Kier molecular flexibility index (Phi) is 6.07. The number of oxazole rings is 1. The van der Waals surface area contributed by atoms with Crippen LogP contribution in [0.5, 0.6) is 5.75 Å². The molecule has 1 aliphatic rings. The molecule has 0 unspecified atom stereocenters. The number of morpholine rings is 1. The van der Waals surface area contributed by atoms with Crippen LogP contribution >= 0.6 is 0 Å². The fraction of sp³-hybridized carbons (Fsp3) is 0.240. The van der Waals surface area contributed by atoms with E-state index in [1.54, 1.807) is 12.1 Å². The summed E-state index contributed by atoms with van der Waals surface area (Å²) in [6.07, 6.45) is 0. The van der Waals surface area contributed by atoms with E-state index in [1.807, 2.05) is 31.2 Å². The average molecular weight is 483 g/mol. The van der Waals surface area contributed by atoms with E-state index in [0.29, 0.717) is 42.4 Å². The van der Waals surface area contributed by atoms with Gasteiger partial charge >= 0.3 is 10.1 Å². The molecule has 0 amide bonds. The van der Waals surface area contributed by atoms with Gasteiger partial charge in [0.2, 0.25) is 5.89 Å².